The number of nitrogens with one attached hydrogen (secondary N) is 2. The number of imidazole rings is 1. The van der Waals surface area contributed by atoms with Gasteiger partial charge in [-0.25, -0.2) is 18.1 Å². The molecule has 2 rings (SSSR count). The van der Waals surface area contributed by atoms with Gasteiger partial charge in [-0.2, -0.15) is 0 Å². The van der Waals surface area contributed by atoms with E-state index in [-0.39, 0.29) is 22.8 Å². The van der Waals surface area contributed by atoms with Crippen molar-refractivity contribution >= 4 is 22.4 Å². The molecule has 1 aromatic heterocycles. The van der Waals surface area contributed by atoms with E-state index in [4.69, 9.17) is 0 Å². The topological polar surface area (TPSA) is 76.0 Å². The molecule has 1 aromatic rings. The predicted molar refractivity (Wildman–Crippen MR) is 89.7 cm³/mol. The minimum Gasteiger partial charge on any atom is -0.336 e. The quantitative estimate of drug-likeness (QED) is 0.817. The van der Waals surface area contributed by atoms with Gasteiger partial charge >= 0.3 is 0 Å². The lowest BCUT2D eigenvalue weighted by molar-refractivity contribution is 0.232. The minimum absolute atomic E-state index is 0. The summed E-state index contributed by atoms with van der Waals surface area (Å²) in [6, 6.07) is 0. The average Bonchev–Trinajstić information content (AvgIpc) is 2.86. The van der Waals surface area contributed by atoms with Crippen LogP contribution in [-0.2, 0) is 16.6 Å². The summed E-state index contributed by atoms with van der Waals surface area (Å²) in [5.74, 6) is 0.455. The Hall–Kier alpha value is -0.630. The lowest BCUT2D eigenvalue weighted by atomic mass is 9.81. The van der Waals surface area contributed by atoms with Gasteiger partial charge < -0.3 is 9.88 Å². The van der Waals surface area contributed by atoms with Gasteiger partial charge in [-0.1, -0.05) is 20.8 Å². The van der Waals surface area contributed by atoms with Gasteiger partial charge in [0.2, 0.25) is 0 Å². The van der Waals surface area contributed by atoms with Crippen LogP contribution in [0, 0.1) is 11.3 Å². The Labute approximate surface area is 139 Å². The highest BCUT2D eigenvalue weighted by Crippen LogP contribution is 2.27. The number of halogens is 1. The molecular weight excluding hydrogens is 324 g/mol. The van der Waals surface area contributed by atoms with Crippen molar-refractivity contribution in [2.24, 2.45) is 11.3 Å². The Morgan fingerprint density at radius 1 is 1.41 bits per heavy atom. The first-order valence-electron chi connectivity index (χ1n) is 7.53. The van der Waals surface area contributed by atoms with Crippen LogP contribution in [0.2, 0.25) is 0 Å². The monoisotopic (exact) mass is 350 g/mol. The van der Waals surface area contributed by atoms with Gasteiger partial charge in [0.1, 0.15) is 0 Å². The van der Waals surface area contributed by atoms with Crippen LogP contribution >= 0.6 is 12.4 Å². The number of hydrogen-bond acceptors (Lipinski definition) is 4. The molecule has 6 nitrogen and oxygen atoms in total. The van der Waals surface area contributed by atoms with Crippen molar-refractivity contribution in [3.8, 4) is 0 Å². The Morgan fingerprint density at radius 3 is 2.64 bits per heavy atom. The fraction of sp³-hybridized carbons (Fsp3) is 0.786. The Balaban J connectivity index is 0.00000242. The molecular formula is C14H27ClN4O2S. The second kappa shape index (κ2) is 7.77. The fourth-order valence-electron chi connectivity index (χ4n) is 2.55. The van der Waals surface area contributed by atoms with Gasteiger partial charge in [0.15, 0.2) is 5.03 Å². The molecule has 0 bridgehead atoms. The van der Waals surface area contributed by atoms with Crippen LogP contribution in [0.5, 0.6) is 0 Å². The zero-order valence-electron chi connectivity index (χ0n) is 13.5. The first kappa shape index (κ1) is 19.4. The maximum absolute atomic E-state index is 12.3. The van der Waals surface area contributed by atoms with Crippen molar-refractivity contribution in [2.45, 2.75) is 45.2 Å². The maximum Gasteiger partial charge on any atom is 0.259 e. The van der Waals surface area contributed by atoms with E-state index >= 15 is 0 Å². The molecule has 1 saturated heterocycles. The average molecular weight is 351 g/mol. The number of nitrogens with zero attached hydrogens (tertiary/aromatic N) is 2. The summed E-state index contributed by atoms with van der Waals surface area (Å²) in [6.07, 6.45) is 5.16. The molecule has 1 fully saturated rings. The molecule has 0 aliphatic carbocycles. The van der Waals surface area contributed by atoms with Gasteiger partial charge in [-0.3, -0.25) is 0 Å². The third-order valence-electron chi connectivity index (χ3n) is 3.96. The third-order valence-corrected chi connectivity index (χ3v) is 5.25. The second-order valence-corrected chi connectivity index (χ2v) is 8.40. The highest BCUT2D eigenvalue weighted by atomic mass is 35.5. The Morgan fingerprint density at radius 2 is 2.05 bits per heavy atom. The number of aromatic nitrogens is 2. The van der Waals surface area contributed by atoms with E-state index < -0.39 is 10.0 Å². The van der Waals surface area contributed by atoms with E-state index in [0.717, 1.165) is 32.5 Å². The lowest BCUT2D eigenvalue weighted by Crippen LogP contribution is -2.42. The molecule has 0 saturated carbocycles. The highest BCUT2D eigenvalue weighted by molar-refractivity contribution is 7.89. The molecule has 0 radical (unpaired) electrons. The van der Waals surface area contributed by atoms with E-state index in [9.17, 15) is 8.42 Å². The molecule has 128 valence electrons. The van der Waals surface area contributed by atoms with Crippen LogP contribution in [0.3, 0.4) is 0 Å². The van der Waals surface area contributed by atoms with Gasteiger partial charge in [0.05, 0.1) is 6.33 Å². The Kier molecular flexibility index (Phi) is 6.85. The third kappa shape index (κ3) is 5.22. The zero-order valence-corrected chi connectivity index (χ0v) is 15.1. The maximum atomic E-state index is 12.3. The van der Waals surface area contributed by atoms with Gasteiger partial charge in [0.25, 0.3) is 10.0 Å². The first-order chi connectivity index (χ1) is 9.81. The van der Waals surface area contributed by atoms with E-state index in [1.54, 1.807) is 12.5 Å². The van der Waals surface area contributed by atoms with Crippen LogP contribution in [0.15, 0.2) is 17.6 Å². The van der Waals surface area contributed by atoms with Crippen LogP contribution in [0.4, 0.5) is 0 Å². The summed E-state index contributed by atoms with van der Waals surface area (Å²) in [6.45, 7) is 9.44. The fourth-order valence-corrected chi connectivity index (χ4v) is 3.70. The van der Waals surface area contributed by atoms with E-state index in [1.165, 1.54) is 0 Å². The number of rotatable bonds is 6. The van der Waals surface area contributed by atoms with Crippen molar-refractivity contribution in [1.29, 1.82) is 0 Å². The van der Waals surface area contributed by atoms with Crippen LogP contribution in [-0.4, -0.2) is 37.6 Å². The Bertz CT molecular complexity index is 565. The van der Waals surface area contributed by atoms with Crippen molar-refractivity contribution in [2.75, 3.05) is 19.6 Å². The lowest BCUT2D eigenvalue weighted by Gasteiger charge is -2.33. The van der Waals surface area contributed by atoms with Crippen molar-refractivity contribution in [1.82, 2.24) is 19.6 Å². The molecule has 2 N–H and O–H groups in total. The summed E-state index contributed by atoms with van der Waals surface area (Å²) in [5, 5.41) is 3.41. The normalized spacial score (nSPS) is 18.2. The van der Waals surface area contributed by atoms with Gasteiger partial charge in [-0.05, 0) is 37.3 Å². The highest BCUT2D eigenvalue weighted by Gasteiger charge is 2.29. The number of piperidine rings is 1. The predicted octanol–water partition coefficient (Wildman–Crippen LogP) is 1.63. The SMILES string of the molecule is CC(C)Cn1cnc(S(=O)(=O)NCC2(C)CCNCC2)c1.Cl. The zero-order chi connectivity index (χ0) is 15.5. The minimum atomic E-state index is -3.52. The van der Waals surface area contributed by atoms with Gasteiger partial charge in [-0.15, -0.1) is 12.4 Å². The largest absolute Gasteiger partial charge is 0.336 e. The van der Waals surface area contributed by atoms with E-state index in [0.29, 0.717) is 12.5 Å². The molecule has 0 atom stereocenters. The van der Waals surface area contributed by atoms with Crippen LogP contribution in [0.25, 0.3) is 0 Å². The van der Waals surface area contributed by atoms with Gasteiger partial charge in [0, 0.05) is 19.3 Å². The molecule has 0 aromatic carbocycles. The van der Waals surface area contributed by atoms with Crippen LogP contribution < -0.4 is 10.0 Å². The summed E-state index contributed by atoms with van der Waals surface area (Å²) in [7, 11) is -3.52. The standard InChI is InChI=1S/C14H26N4O2S.ClH/c1-12(2)8-18-9-13(16-11-18)21(19,20)17-10-14(3)4-6-15-7-5-14;/h9,11-12,15,17H,4-8,10H2,1-3H3;1H. The molecule has 1 aliphatic rings. The molecule has 0 amide bonds. The second-order valence-electron chi connectivity index (χ2n) is 6.69. The van der Waals surface area contributed by atoms with E-state index in [1.807, 2.05) is 4.57 Å². The van der Waals surface area contributed by atoms with Crippen molar-refractivity contribution in [3.63, 3.8) is 0 Å². The molecule has 8 heteroatoms. The number of sulfonamides is 1. The molecule has 1 aliphatic heterocycles. The van der Waals surface area contributed by atoms with E-state index in [2.05, 4.69) is 35.8 Å². The summed E-state index contributed by atoms with van der Waals surface area (Å²) in [5.41, 5.74) is 0.0266. The van der Waals surface area contributed by atoms with Crippen molar-refractivity contribution < 1.29 is 8.42 Å². The summed E-state index contributed by atoms with van der Waals surface area (Å²) < 4.78 is 29.2. The molecule has 2 heterocycles. The first-order valence-corrected chi connectivity index (χ1v) is 9.01. The molecule has 0 unspecified atom stereocenters. The smallest absolute Gasteiger partial charge is 0.259 e. The summed E-state index contributed by atoms with van der Waals surface area (Å²) >= 11 is 0. The van der Waals surface area contributed by atoms with Crippen LogP contribution in [0.1, 0.15) is 33.6 Å². The molecule has 22 heavy (non-hydrogen) atoms. The molecule has 0 spiro atoms. The summed E-state index contributed by atoms with van der Waals surface area (Å²) in [4.78, 5) is 4.03. The number of hydrogen-bond donors (Lipinski definition) is 2. The van der Waals surface area contributed by atoms with Crippen molar-refractivity contribution in [3.05, 3.63) is 12.5 Å².